The fourth-order valence-corrected chi connectivity index (χ4v) is 3.02. The van der Waals surface area contributed by atoms with Gasteiger partial charge in [-0.2, -0.15) is 5.10 Å². The largest absolute Gasteiger partial charge is 0.496 e. The molecule has 1 atom stereocenters. The van der Waals surface area contributed by atoms with Gasteiger partial charge in [0.25, 0.3) is 0 Å². The van der Waals surface area contributed by atoms with E-state index in [4.69, 9.17) is 4.74 Å². The van der Waals surface area contributed by atoms with Crippen LogP contribution in [-0.2, 0) is 11.3 Å². The third-order valence-electron chi connectivity index (χ3n) is 4.43. The number of ether oxygens (including phenoxy) is 1. The van der Waals surface area contributed by atoms with Crippen molar-refractivity contribution < 1.29 is 14.5 Å². The van der Waals surface area contributed by atoms with E-state index in [2.05, 4.69) is 10.4 Å². The summed E-state index contributed by atoms with van der Waals surface area (Å²) in [5.74, 6) is 0.483. The Hall–Kier alpha value is -2.94. The van der Waals surface area contributed by atoms with Crippen molar-refractivity contribution >= 4 is 11.6 Å². The molecule has 0 saturated heterocycles. The molecular formula is C18H25N5O4. The van der Waals surface area contributed by atoms with Crippen molar-refractivity contribution in [3.63, 3.8) is 0 Å². The van der Waals surface area contributed by atoms with E-state index < -0.39 is 4.92 Å². The van der Waals surface area contributed by atoms with Crippen LogP contribution in [0.2, 0.25) is 0 Å². The topological polar surface area (TPSA) is 103 Å². The first-order valence-corrected chi connectivity index (χ1v) is 8.50. The number of amides is 1. The molecule has 0 aliphatic carbocycles. The molecule has 9 nitrogen and oxygen atoms in total. The number of rotatable bonds is 8. The molecule has 1 aromatic carbocycles. The Morgan fingerprint density at radius 3 is 2.59 bits per heavy atom. The van der Waals surface area contributed by atoms with E-state index in [1.54, 1.807) is 21.0 Å². The Labute approximate surface area is 158 Å². The Bertz CT molecular complexity index is 831. The highest BCUT2D eigenvalue weighted by Crippen LogP contribution is 2.27. The maximum Gasteiger partial charge on any atom is 0.312 e. The van der Waals surface area contributed by atoms with Crippen molar-refractivity contribution in [3.8, 4) is 5.75 Å². The summed E-state index contributed by atoms with van der Waals surface area (Å²) in [4.78, 5) is 25.0. The summed E-state index contributed by atoms with van der Waals surface area (Å²) in [6.45, 7) is 3.44. The zero-order chi connectivity index (χ0) is 20.1. The number of hydrogen-bond donors (Lipinski definition) is 1. The molecule has 0 radical (unpaired) electrons. The highest BCUT2D eigenvalue weighted by Gasteiger charge is 2.23. The van der Waals surface area contributed by atoms with Crippen LogP contribution in [0.25, 0.3) is 0 Å². The molecule has 1 amide bonds. The van der Waals surface area contributed by atoms with Crippen molar-refractivity contribution in [2.45, 2.75) is 26.4 Å². The standard InChI is InChI=1S/C18H25N5O4/c1-12-18(23(25)26)13(2)22(20-12)11-17(24)19-10-15(21(3)4)14-8-6-7-9-16(14)27-5/h6-9,15H,10-11H2,1-5H3,(H,19,24). The van der Waals surface area contributed by atoms with Crippen LogP contribution in [0, 0.1) is 24.0 Å². The molecule has 0 fully saturated rings. The van der Waals surface area contributed by atoms with Gasteiger partial charge in [-0.15, -0.1) is 0 Å². The molecule has 0 spiro atoms. The number of benzene rings is 1. The number of hydrogen-bond acceptors (Lipinski definition) is 6. The lowest BCUT2D eigenvalue weighted by atomic mass is 10.0. The van der Waals surface area contributed by atoms with E-state index in [0.717, 1.165) is 11.3 Å². The maximum atomic E-state index is 12.4. The van der Waals surface area contributed by atoms with E-state index in [1.807, 2.05) is 43.3 Å². The molecule has 0 aliphatic rings. The Morgan fingerprint density at radius 2 is 2.04 bits per heavy atom. The minimum atomic E-state index is -0.476. The van der Waals surface area contributed by atoms with Crippen molar-refractivity contribution in [1.82, 2.24) is 20.0 Å². The van der Waals surface area contributed by atoms with Gasteiger partial charge in [-0.25, -0.2) is 0 Å². The number of para-hydroxylation sites is 1. The lowest BCUT2D eigenvalue weighted by Crippen LogP contribution is -2.36. The summed E-state index contributed by atoms with van der Waals surface area (Å²) in [6.07, 6.45) is 0. The second-order valence-electron chi connectivity index (χ2n) is 6.46. The summed E-state index contributed by atoms with van der Waals surface area (Å²) in [6, 6.07) is 7.57. The van der Waals surface area contributed by atoms with Crippen LogP contribution in [0.4, 0.5) is 5.69 Å². The molecule has 2 rings (SSSR count). The molecule has 9 heteroatoms. The van der Waals surface area contributed by atoms with E-state index in [0.29, 0.717) is 17.9 Å². The lowest BCUT2D eigenvalue weighted by molar-refractivity contribution is -0.386. The fraction of sp³-hybridized carbons (Fsp3) is 0.444. The predicted octanol–water partition coefficient (Wildman–Crippen LogP) is 1.84. The SMILES string of the molecule is COc1ccccc1C(CNC(=O)Cn1nc(C)c([N+](=O)[O-])c1C)N(C)C. The monoisotopic (exact) mass is 375 g/mol. The number of likely N-dealkylation sites (N-methyl/N-ethyl adjacent to an activating group) is 1. The number of carbonyl (C=O) groups excluding carboxylic acids is 1. The summed E-state index contributed by atoms with van der Waals surface area (Å²) in [5.41, 5.74) is 1.57. The first kappa shape index (κ1) is 20.4. The molecule has 0 bridgehead atoms. The quantitative estimate of drug-likeness (QED) is 0.558. The summed E-state index contributed by atoms with van der Waals surface area (Å²) < 4.78 is 6.77. The minimum absolute atomic E-state index is 0.0528. The molecular weight excluding hydrogens is 350 g/mol. The smallest absolute Gasteiger partial charge is 0.312 e. The predicted molar refractivity (Wildman–Crippen MR) is 101 cm³/mol. The van der Waals surface area contributed by atoms with Gasteiger partial charge in [-0.05, 0) is 34.0 Å². The van der Waals surface area contributed by atoms with E-state index in [1.165, 1.54) is 4.68 Å². The first-order valence-electron chi connectivity index (χ1n) is 8.50. The molecule has 2 aromatic rings. The van der Waals surface area contributed by atoms with E-state index in [-0.39, 0.29) is 24.2 Å². The van der Waals surface area contributed by atoms with Crippen LogP contribution in [0.15, 0.2) is 24.3 Å². The van der Waals surface area contributed by atoms with Crippen LogP contribution < -0.4 is 10.1 Å². The van der Waals surface area contributed by atoms with Crippen molar-refractivity contribution in [3.05, 3.63) is 51.3 Å². The third-order valence-corrected chi connectivity index (χ3v) is 4.43. The number of nitrogens with one attached hydrogen (secondary N) is 1. The number of methoxy groups -OCH3 is 1. The highest BCUT2D eigenvalue weighted by atomic mass is 16.6. The molecule has 1 unspecified atom stereocenters. The van der Waals surface area contributed by atoms with Gasteiger partial charge in [-0.1, -0.05) is 18.2 Å². The Kier molecular flexibility index (Phi) is 6.51. The first-order chi connectivity index (χ1) is 12.8. The zero-order valence-electron chi connectivity index (χ0n) is 16.2. The van der Waals surface area contributed by atoms with Gasteiger partial charge in [0.1, 0.15) is 23.7 Å². The molecule has 1 aromatic heterocycles. The van der Waals surface area contributed by atoms with Crippen LogP contribution in [0.3, 0.4) is 0 Å². The second-order valence-corrected chi connectivity index (χ2v) is 6.46. The van der Waals surface area contributed by atoms with Crippen LogP contribution in [0.1, 0.15) is 23.0 Å². The van der Waals surface area contributed by atoms with E-state index >= 15 is 0 Å². The van der Waals surface area contributed by atoms with Gasteiger partial charge >= 0.3 is 5.69 Å². The number of aromatic nitrogens is 2. The number of aryl methyl sites for hydroxylation is 1. The van der Waals surface area contributed by atoms with E-state index in [9.17, 15) is 14.9 Å². The van der Waals surface area contributed by atoms with Gasteiger partial charge in [0, 0.05) is 12.1 Å². The van der Waals surface area contributed by atoms with Crippen LogP contribution in [0.5, 0.6) is 5.75 Å². The van der Waals surface area contributed by atoms with Crippen molar-refractivity contribution in [2.24, 2.45) is 0 Å². The van der Waals surface area contributed by atoms with Crippen LogP contribution >= 0.6 is 0 Å². The molecule has 0 saturated carbocycles. The van der Waals surface area contributed by atoms with Gasteiger partial charge in [-0.3, -0.25) is 19.6 Å². The van der Waals surface area contributed by atoms with Gasteiger partial charge in [0.05, 0.1) is 18.1 Å². The van der Waals surface area contributed by atoms with Crippen molar-refractivity contribution in [1.29, 1.82) is 0 Å². The maximum absolute atomic E-state index is 12.4. The normalized spacial score (nSPS) is 12.1. The fourth-order valence-electron chi connectivity index (χ4n) is 3.02. The summed E-state index contributed by atoms with van der Waals surface area (Å²) in [5, 5.41) is 18.1. The van der Waals surface area contributed by atoms with Gasteiger partial charge < -0.3 is 15.0 Å². The molecule has 0 aliphatic heterocycles. The van der Waals surface area contributed by atoms with Crippen LogP contribution in [-0.4, -0.2) is 53.3 Å². The Morgan fingerprint density at radius 1 is 1.37 bits per heavy atom. The average molecular weight is 375 g/mol. The average Bonchev–Trinajstić information content (AvgIpc) is 2.88. The number of nitro groups is 1. The van der Waals surface area contributed by atoms with Crippen molar-refractivity contribution in [2.75, 3.05) is 27.7 Å². The molecule has 1 heterocycles. The second kappa shape index (κ2) is 8.63. The third kappa shape index (κ3) is 4.62. The van der Waals surface area contributed by atoms with Gasteiger partial charge in [0.15, 0.2) is 0 Å². The number of carbonyl (C=O) groups is 1. The zero-order valence-corrected chi connectivity index (χ0v) is 16.2. The van der Waals surface area contributed by atoms with Gasteiger partial charge in [0.2, 0.25) is 5.91 Å². The number of nitrogens with zero attached hydrogens (tertiary/aromatic N) is 4. The summed E-state index contributed by atoms with van der Waals surface area (Å²) >= 11 is 0. The Balaban J connectivity index is 2.09. The molecule has 146 valence electrons. The minimum Gasteiger partial charge on any atom is -0.496 e. The summed E-state index contributed by atoms with van der Waals surface area (Å²) in [7, 11) is 5.46. The lowest BCUT2D eigenvalue weighted by Gasteiger charge is -2.26. The molecule has 27 heavy (non-hydrogen) atoms. The highest BCUT2D eigenvalue weighted by molar-refractivity contribution is 5.76. The molecule has 1 N–H and O–H groups in total.